The van der Waals surface area contributed by atoms with Gasteiger partial charge in [0.15, 0.2) is 5.75 Å². The third kappa shape index (κ3) is 5.76. The Morgan fingerprint density at radius 3 is 2.48 bits per heavy atom. The van der Waals surface area contributed by atoms with E-state index in [1.807, 2.05) is 30.3 Å². The molecular formula is C24H29NO4. The van der Waals surface area contributed by atoms with Crippen LogP contribution in [0.2, 0.25) is 0 Å². The molecule has 1 heterocycles. The zero-order valence-corrected chi connectivity index (χ0v) is 16.9. The molecule has 2 N–H and O–H groups in total. The van der Waals surface area contributed by atoms with E-state index >= 15 is 0 Å². The minimum Gasteiger partial charge on any atom is -0.504 e. The van der Waals surface area contributed by atoms with Crippen molar-refractivity contribution in [2.45, 2.75) is 52.1 Å². The first-order valence-corrected chi connectivity index (χ1v) is 10.4. The third-order valence-electron chi connectivity index (χ3n) is 4.91. The maximum absolute atomic E-state index is 12.4. The van der Waals surface area contributed by atoms with E-state index in [1.54, 1.807) is 18.2 Å². The Bertz CT molecular complexity index is 966. The Balaban J connectivity index is 1.63. The van der Waals surface area contributed by atoms with Crippen molar-refractivity contribution in [2.75, 3.05) is 6.61 Å². The second-order valence-electron chi connectivity index (χ2n) is 7.23. The number of rotatable bonds is 11. The molecule has 154 valence electrons. The van der Waals surface area contributed by atoms with Gasteiger partial charge in [-0.2, -0.15) is 0 Å². The molecule has 0 fully saturated rings. The summed E-state index contributed by atoms with van der Waals surface area (Å²) >= 11 is 0. The summed E-state index contributed by atoms with van der Waals surface area (Å²) in [5.74, 6) is 0.491. The summed E-state index contributed by atoms with van der Waals surface area (Å²) in [5, 5.41) is 11.1. The van der Waals surface area contributed by atoms with Gasteiger partial charge in [0, 0.05) is 11.5 Å². The zero-order chi connectivity index (χ0) is 20.5. The van der Waals surface area contributed by atoms with Crippen molar-refractivity contribution < 1.29 is 14.6 Å². The van der Waals surface area contributed by atoms with E-state index in [4.69, 9.17) is 9.47 Å². The molecule has 0 saturated carbocycles. The van der Waals surface area contributed by atoms with Crippen molar-refractivity contribution in [3.8, 4) is 17.2 Å². The lowest BCUT2D eigenvalue weighted by molar-refractivity contribution is 0.286. The summed E-state index contributed by atoms with van der Waals surface area (Å²) in [6, 6.07) is 15.1. The molecule has 1 aromatic heterocycles. The van der Waals surface area contributed by atoms with Crippen LogP contribution in [0, 0.1) is 0 Å². The van der Waals surface area contributed by atoms with Gasteiger partial charge in [-0.05, 0) is 24.1 Å². The summed E-state index contributed by atoms with van der Waals surface area (Å²) in [7, 11) is 0. The second kappa shape index (κ2) is 10.6. The van der Waals surface area contributed by atoms with Crippen LogP contribution >= 0.6 is 0 Å². The van der Waals surface area contributed by atoms with E-state index in [-0.39, 0.29) is 11.5 Å². The fourth-order valence-corrected chi connectivity index (χ4v) is 3.26. The highest BCUT2D eigenvalue weighted by Gasteiger charge is 2.14. The first-order chi connectivity index (χ1) is 14.2. The lowest BCUT2D eigenvalue weighted by atomic mass is 10.1. The van der Waals surface area contributed by atoms with Crippen molar-refractivity contribution in [3.05, 3.63) is 64.4 Å². The van der Waals surface area contributed by atoms with E-state index in [1.165, 1.54) is 25.7 Å². The molecule has 2 aromatic carbocycles. The summed E-state index contributed by atoms with van der Waals surface area (Å²) in [6.07, 6.45) is 6.80. The quantitative estimate of drug-likeness (QED) is 0.417. The number of fused-ring (bicyclic) bond motifs is 1. The lowest BCUT2D eigenvalue weighted by Gasteiger charge is -2.11. The lowest BCUT2D eigenvalue weighted by Crippen LogP contribution is -2.12. The monoisotopic (exact) mass is 395 g/mol. The molecule has 0 saturated heterocycles. The largest absolute Gasteiger partial charge is 0.504 e. The predicted octanol–water partition coefficient (Wildman–Crippen LogP) is 5.55. The Morgan fingerprint density at radius 1 is 0.931 bits per heavy atom. The third-order valence-corrected chi connectivity index (χ3v) is 4.91. The number of aromatic nitrogens is 1. The molecule has 0 aliphatic rings. The van der Waals surface area contributed by atoms with Crippen LogP contribution in [0.5, 0.6) is 17.2 Å². The van der Waals surface area contributed by atoms with Gasteiger partial charge in [0.05, 0.1) is 12.1 Å². The summed E-state index contributed by atoms with van der Waals surface area (Å²) < 4.78 is 11.4. The van der Waals surface area contributed by atoms with Crippen LogP contribution in [0.25, 0.3) is 10.9 Å². The Morgan fingerprint density at radius 2 is 1.69 bits per heavy atom. The molecule has 0 unspecified atom stereocenters. The van der Waals surface area contributed by atoms with E-state index in [0.29, 0.717) is 29.9 Å². The number of aromatic hydroxyl groups is 1. The summed E-state index contributed by atoms with van der Waals surface area (Å²) in [5.41, 5.74) is 1.15. The van der Waals surface area contributed by atoms with Crippen molar-refractivity contribution >= 4 is 10.9 Å². The van der Waals surface area contributed by atoms with Crippen molar-refractivity contribution in [3.63, 3.8) is 0 Å². The van der Waals surface area contributed by atoms with Gasteiger partial charge in [-0.15, -0.1) is 0 Å². The Kier molecular flexibility index (Phi) is 7.56. The fraction of sp³-hybridized carbons (Fsp3) is 0.375. The Labute approximate surface area is 171 Å². The van der Waals surface area contributed by atoms with Crippen LogP contribution in [0.15, 0.2) is 53.3 Å². The van der Waals surface area contributed by atoms with E-state index in [9.17, 15) is 9.90 Å². The molecule has 0 amide bonds. The molecule has 5 heteroatoms. The van der Waals surface area contributed by atoms with E-state index in [0.717, 1.165) is 18.4 Å². The van der Waals surface area contributed by atoms with Crippen molar-refractivity contribution in [2.24, 2.45) is 0 Å². The first kappa shape index (κ1) is 20.8. The normalized spacial score (nSPS) is 10.9. The SMILES string of the molecule is CCCCCCCCOc1c(O)c2ccc(OCc3ccccc3)cc2[nH]c1=O. The average molecular weight is 395 g/mol. The average Bonchev–Trinajstić information content (AvgIpc) is 2.74. The maximum atomic E-state index is 12.4. The van der Waals surface area contributed by atoms with Gasteiger partial charge in [0.25, 0.3) is 5.56 Å². The molecule has 5 nitrogen and oxygen atoms in total. The number of pyridine rings is 1. The summed E-state index contributed by atoms with van der Waals surface area (Å²) in [6.45, 7) is 3.05. The minimum atomic E-state index is -0.429. The number of H-pyrrole nitrogens is 1. The van der Waals surface area contributed by atoms with Gasteiger partial charge in [-0.25, -0.2) is 0 Å². The van der Waals surface area contributed by atoms with Gasteiger partial charge in [0.2, 0.25) is 5.75 Å². The number of aromatic amines is 1. The standard InChI is InChI=1S/C24H29NO4/c1-2-3-4-5-6-10-15-28-23-22(26)20-14-13-19(16-21(20)25-24(23)27)29-17-18-11-8-7-9-12-18/h7-9,11-14,16H,2-6,10,15,17H2,1H3,(H2,25,26,27). The zero-order valence-electron chi connectivity index (χ0n) is 16.9. The van der Waals surface area contributed by atoms with Crippen LogP contribution in [-0.2, 0) is 6.61 Å². The molecule has 0 spiro atoms. The molecule has 0 aliphatic carbocycles. The molecule has 0 bridgehead atoms. The number of hydrogen-bond acceptors (Lipinski definition) is 4. The van der Waals surface area contributed by atoms with Crippen LogP contribution in [0.1, 0.15) is 51.0 Å². The van der Waals surface area contributed by atoms with Gasteiger partial charge in [-0.3, -0.25) is 4.79 Å². The van der Waals surface area contributed by atoms with Gasteiger partial charge < -0.3 is 19.6 Å². The van der Waals surface area contributed by atoms with Gasteiger partial charge in [-0.1, -0.05) is 69.4 Å². The smallest absolute Gasteiger partial charge is 0.294 e. The molecule has 0 radical (unpaired) electrons. The van der Waals surface area contributed by atoms with Gasteiger partial charge >= 0.3 is 0 Å². The van der Waals surface area contributed by atoms with Crippen LogP contribution < -0.4 is 15.0 Å². The molecule has 29 heavy (non-hydrogen) atoms. The highest BCUT2D eigenvalue weighted by atomic mass is 16.5. The van der Waals surface area contributed by atoms with Crippen LogP contribution in [0.4, 0.5) is 0 Å². The number of unbranched alkanes of at least 4 members (excludes halogenated alkanes) is 5. The molecule has 0 aliphatic heterocycles. The van der Waals surface area contributed by atoms with E-state index < -0.39 is 5.56 Å². The number of ether oxygens (including phenoxy) is 2. The number of benzene rings is 2. The number of hydrogen-bond donors (Lipinski definition) is 2. The van der Waals surface area contributed by atoms with Gasteiger partial charge in [0.1, 0.15) is 12.4 Å². The Hall–Kier alpha value is -2.95. The molecule has 3 aromatic rings. The van der Waals surface area contributed by atoms with Crippen LogP contribution in [0.3, 0.4) is 0 Å². The predicted molar refractivity (Wildman–Crippen MR) is 116 cm³/mol. The highest BCUT2D eigenvalue weighted by molar-refractivity contribution is 5.87. The molecule has 0 atom stereocenters. The van der Waals surface area contributed by atoms with Crippen molar-refractivity contribution in [1.29, 1.82) is 0 Å². The molecular weight excluding hydrogens is 366 g/mol. The molecule has 3 rings (SSSR count). The maximum Gasteiger partial charge on any atom is 0.294 e. The second-order valence-corrected chi connectivity index (χ2v) is 7.23. The highest BCUT2D eigenvalue weighted by Crippen LogP contribution is 2.32. The van der Waals surface area contributed by atoms with Crippen molar-refractivity contribution in [1.82, 2.24) is 4.98 Å². The summed E-state index contributed by atoms with van der Waals surface area (Å²) in [4.78, 5) is 15.2. The van der Waals surface area contributed by atoms with E-state index in [2.05, 4.69) is 11.9 Å². The fourth-order valence-electron chi connectivity index (χ4n) is 3.26. The van der Waals surface area contributed by atoms with Crippen LogP contribution in [-0.4, -0.2) is 16.7 Å². The topological polar surface area (TPSA) is 71.5 Å². The number of nitrogens with one attached hydrogen (secondary N) is 1. The minimum absolute atomic E-state index is 0.0102. The first-order valence-electron chi connectivity index (χ1n) is 10.4.